The number of ketones is 1. The highest BCUT2D eigenvalue weighted by molar-refractivity contribution is 6.07. The number of aliphatic hydroxyl groups excluding tert-OH is 1. The van der Waals surface area contributed by atoms with Crippen molar-refractivity contribution in [1.29, 1.82) is 0 Å². The van der Waals surface area contributed by atoms with E-state index in [1.165, 1.54) is 36.0 Å². The number of hydrogen-bond acceptors (Lipinski definition) is 3. The Bertz CT molecular complexity index is 1300. The molecule has 6 aliphatic rings. The Morgan fingerprint density at radius 1 is 0.878 bits per heavy atom. The molecule has 8 atom stereocenters. The number of rotatable bonds is 2. The van der Waals surface area contributed by atoms with E-state index in [2.05, 4.69) is 70.7 Å². The number of nitrogens with zero attached hydrogens (tertiary/aromatic N) is 1. The summed E-state index contributed by atoms with van der Waals surface area (Å²) < 4.78 is 0. The molecule has 7 rings (SSSR count). The Morgan fingerprint density at radius 3 is 2.20 bits per heavy atom. The normalized spacial score (nSPS) is 42.9. The van der Waals surface area contributed by atoms with Gasteiger partial charge in [-0.15, -0.1) is 0 Å². The second-order valence-corrected chi connectivity index (χ2v) is 16.5. The molecule has 1 aromatic rings. The number of hydrogen-bond donors (Lipinski definition) is 1. The Balaban J connectivity index is 1.26. The summed E-state index contributed by atoms with van der Waals surface area (Å²) in [5.41, 5.74) is 4.57. The lowest BCUT2D eigenvalue weighted by Gasteiger charge is -2.68. The van der Waals surface area contributed by atoms with Crippen molar-refractivity contribution < 1.29 is 14.7 Å². The fourth-order valence-electron chi connectivity index (χ4n) is 12.3. The highest BCUT2D eigenvalue weighted by atomic mass is 16.3. The minimum absolute atomic E-state index is 0.0438. The molecule has 41 heavy (non-hydrogen) atoms. The van der Waals surface area contributed by atoms with Crippen LogP contribution in [0.3, 0.4) is 0 Å². The maximum atomic E-state index is 14.7. The molecular formula is C37H51NO3. The zero-order valence-electron chi connectivity index (χ0n) is 26.3. The second-order valence-electron chi connectivity index (χ2n) is 16.5. The van der Waals surface area contributed by atoms with Crippen molar-refractivity contribution in [2.75, 3.05) is 0 Å². The van der Waals surface area contributed by atoms with E-state index in [4.69, 9.17) is 0 Å². The summed E-state index contributed by atoms with van der Waals surface area (Å²) in [5.74, 6) is 2.67. The molecule has 222 valence electrons. The van der Waals surface area contributed by atoms with Crippen molar-refractivity contribution in [3.63, 3.8) is 0 Å². The first-order chi connectivity index (χ1) is 19.3. The molecule has 0 radical (unpaired) electrons. The summed E-state index contributed by atoms with van der Waals surface area (Å²) in [5, 5.41) is 11.0. The van der Waals surface area contributed by atoms with E-state index >= 15 is 0 Å². The van der Waals surface area contributed by atoms with Gasteiger partial charge in [0.25, 0.3) is 0 Å². The van der Waals surface area contributed by atoms with Crippen molar-refractivity contribution >= 4 is 11.7 Å². The Morgan fingerprint density at radius 2 is 1.54 bits per heavy atom. The van der Waals surface area contributed by atoms with Gasteiger partial charge in [0.05, 0.1) is 11.5 Å². The molecule has 1 heterocycles. The summed E-state index contributed by atoms with van der Waals surface area (Å²) in [6.07, 6.45) is 8.76. The minimum Gasteiger partial charge on any atom is -0.393 e. The van der Waals surface area contributed by atoms with Crippen LogP contribution in [-0.2, 0) is 22.7 Å². The van der Waals surface area contributed by atoms with Gasteiger partial charge in [0.1, 0.15) is 0 Å². The molecule has 1 aromatic carbocycles. The molecule has 0 spiro atoms. The van der Waals surface area contributed by atoms with Crippen LogP contribution < -0.4 is 0 Å². The highest BCUT2D eigenvalue weighted by Gasteiger charge is 2.67. The Labute approximate surface area is 247 Å². The molecule has 0 aromatic heterocycles. The second kappa shape index (κ2) is 9.04. The zero-order chi connectivity index (χ0) is 29.1. The Hall–Kier alpha value is -1.94. The molecule has 1 amide bonds. The number of fused-ring (bicyclic) bond motifs is 8. The van der Waals surface area contributed by atoms with Gasteiger partial charge in [-0.1, -0.05) is 65.8 Å². The van der Waals surface area contributed by atoms with E-state index in [1.54, 1.807) is 0 Å². The topological polar surface area (TPSA) is 57.6 Å². The molecule has 5 aliphatic carbocycles. The molecule has 4 unspecified atom stereocenters. The number of allylic oxidation sites excluding steroid dienone is 1. The number of carbonyl (C=O) groups is 2. The largest absolute Gasteiger partial charge is 0.393 e. The number of carbonyl (C=O) groups excluding carboxylic acids is 2. The summed E-state index contributed by atoms with van der Waals surface area (Å²) in [6, 6.07) is 8.44. The van der Waals surface area contributed by atoms with Gasteiger partial charge in [-0.25, -0.2) is 0 Å². The van der Waals surface area contributed by atoms with Crippen LogP contribution in [0.1, 0.15) is 110 Å². The first kappa shape index (κ1) is 27.9. The van der Waals surface area contributed by atoms with Gasteiger partial charge < -0.3 is 10.0 Å². The average Bonchev–Trinajstić information content (AvgIpc) is 3.49. The molecule has 0 bridgehead atoms. The van der Waals surface area contributed by atoms with Crippen LogP contribution in [0.4, 0.5) is 0 Å². The maximum Gasteiger partial charge on any atom is 0.233 e. The lowest BCUT2D eigenvalue weighted by atomic mass is 9.36. The molecule has 1 N–H and O–H groups in total. The van der Waals surface area contributed by atoms with E-state index in [9.17, 15) is 14.7 Å². The van der Waals surface area contributed by atoms with Crippen molar-refractivity contribution in [1.82, 2.24) is 4.90 Å². The average molecular weight is 558 g/mol. The van der Waals surface area contributed by atoms with Gasteiger partial charge >= 0.3 is 0 Å². The lowest BCUT2D eigenvalue weighted by molar-refractivity contribution is -0.203. The highest BCUT2D eigenvalue weighted by Crippen LogP contribution is 2.73. The number of Topliss-reactive ketones (excluding diaryl/α,β-unsaturated/α-hetero) is 1. The first-order valence-corrected chi connectivity index (χ1v) is 16.7. The van der Waals surface area contributed by atoms with E-state index in [1.807, 2.05) is 0 Å². The van der Waals surface area contributed by atoms with E-state index in [0.29, 0.717) is 43.2 Å². The number of aliphatic hydroxyl groups is 1. The van der Waals surface area contributed by atoms with Crippen LogP contribution in [0.2, 0.25) is 0 Å². The maximum absolute atomic E-state index is 14.7. The smallest absolute Gasteiger partial charge is 0.233 e. The van der Waals surface area contributed by atoms with E-state index in [0.717, 1.165) is 37.7 Å². The van der Waals surface area contributed by atoms with Crippen LogP contribution in [0.15, 0.2) is 35.4 Å². The quantitative estimate of drug-likeness (QED) is 0.410. The third-order valence-corrected chi connectivity index (χ3v) is 14.1. The predicted molar refractivity (Wildman–Crippen MR) is 162 cm³/mol. The van der Waals surface area contributed by atoms with Crippen molar-refractivity contribution in [2.45, 2.75) is 119 Å². The van der Waals surface area contributed by atoms with Gasteiger partial charge in [0, 0.05) is 19.5 Å². The Kier molecular flexibility index (Phi) is 6.14. The fraction of sp³-hybridized carbons (Fsp3) is 0.730. The third kappa shape index (κ3) is 3.61. The molecule has 4 saturated carbocycles. The number of amides is 1. The van der Waals surface area contributed by atoms with Crippen molar-refractivity contribution in [3.8, 4) is 0 Å². The number of benzene rings is 1. The van der Waals surface area contributed by atoms with Crippen LogP contribution in [-0.4, -0.2) is 27.8 Å². The van der Waals surface area contributed by atoms with Crippen LogP contribution >= 0.6 is 0 Å². The monoisotopic (exact) mass is 557 g/mol. The zero-order valence-corrected chi connectivity index (χ0v) is 26.3. The summed E-state index contributed by atoms with van der Waals surface area (Å²) in [4.78, 5) is 30.6. The predicted octanol–water partition coefficient (Wildman–Crippen LogP) is 7.48. The standard InChI is InChI=1S/C37H51NO3/c1-22(2)31-27(39)19-37(33(41)38-20-23-9-7-8-10-24(23)21-38)18-13-26-25(32(31)37)11-12-29-35(26,5)16-14-28-34(3,4)30(40)15-17-36(28,29)6/h7-10,22,25-26,28-30,40H,11-21H2,1-6H3/t25?,26?,28?,29?,30-,35-,36-,37+/m0/s1. The molecule has 4 nitrogen and oxygen atoms in total. The fourth-order valence-corrected chi connectivity index (χ4v) is 12.3. The van der Waals surface area contributed by atoms with Gasteiger partial charge in [-0.2, -0.15) is 0 Å². The molecule has 4 fully saturated rings. The third-order valence-electron chi connectivity index (χ3n) is 14.1. The lowest BCUT2D eigenvalue weighted by Crippen LogP contribution is -2.63. The SMILES string of the molecule is CC(C)C1=C2C3CCC4[C@@](C)(CCC5C(C)(C)[C@@H](O)CC[C@@]54C)C3CC[C@@]2(C(=O)N2Cc3ccccc3C2)CC1=O. The summed E-state index contributed by atoms with van der Waals surface area (Å²) in [6.45, 7) is 15.5. The van der Waals surface area contributed by atoms with Crippen LogP contribution in [0, 0.1) is 51.2 Å². The minimum atomic E-state index is -0.638. The van der Waals surface area contributed by atoms with Gasteiger partial charge in [0.2, 0.25) is 5.91 Å². The van der Waals surface area contributed by atoms with Gasteiger partial charge in [0.15, 0.2) is 5.78 Å². The van der Waals surface area contributed by atoms with Crippen LogP contribution in [0.25, 0.3) is 0 Å². The van der Waals surface area contributed by atoms with E-state index < -0.39 is 5.41 Å². The van der Waals surface area contributed by atoms with Gasteiger partial charge in [-0.05, 0) is 119 Å². The van der Waals surface area contributed by atoms with Gasteiger partial charge in [-0.3, -0.25) is 9.59 Å². The van der Waals surface area contributed by atoms with Crippen molar-refractivity contribution in [3.05, 3.63) is 46.5 Å². The van der Waals surface area contributed by atoms with Crippen molar-refractivity contribution in [2.24, 2.45) is 51.2 Å². The molecule has 1 aliphatic heterocycles. The van der Waals surface area contributed by atoms with Crippen LogP contribution in [0.5, 0.6) is 0 Å². The summed E-state index contributed by atoms with van der Waals surface area (Å²) in [7, 11) is 0. The molecule has 4 heteroatoms. The molecule has 0 saturated heterocycles. The molecular weight excluding hydrogens is 506 g/mol. The van der Waals surface area contributed by atoms with E-state index in [-0.39, 0.29) is 40.0 Å². The first-order valence-electron chi connectivity index (χ1n) is 16.7. The summed E-state index contributed by atoms with van der Waals surface area (Å²) >= 11 is 0.